The number of nitrogens with two attached hydrogens (primary N) is 1. The lowest BCUT2D eigenvalue weighted by Crippen LogP contribution is -2.22. The molecule has 1 aliphatic heterocycles. The summed E-state index contributed by atoms with van der Waals surface area (Å²) in [7, 11) is 0. The molecule has 0 aliphatic carbocycles. The van der Waals surface area contributed by atoms with Crippen molar-refractivity contribution in [2.45, 2.75) is 12.2 Å². The predicted molar refractivity (Wildman–Crippen MR) is 75.8 cm³/mol. The standard InChI is InChI=1S/C11H14N2O3S.ClH/c1-6(17-2)11(14)13-8-4-10-9(3-7(8)12)15-5-16-10;/h3-4,6H,5,12H2,1-2H3,(H,13,14);1H. The van der Waals surface area contributed by atoms with Crippen LogP contribution in [0.5, 0.6) is 11.5 Å². The molecule has 1 aromatic rings. The molecule has 100 valence electrons. The molecule has 0 fully saturated rings. The van der Waals surface area contributed by atoms with Gasteiger partial charge in [0.05, 0.1) is 16.6 Å². The van der Waals surface area contributed by atoms with Gasteiger partial charge in [-0.15, -0.1) is 12.4 Å². The fourth-order valence-electron chi connectivity index (χ4n) is 1.41. The van der Waals surface area contributed by atoms with Crippen molar-refractivity contribution in [1.82, 2.24) is 0 Å². The first-order valence-electron chi connectivity index (χ1n) is 5.14. The summed E-state index contributed by atoms with van der Waals surface area (Å²) in [5, 5.41) is 2.65. The Balaban J connectivity index is 0.00000162. The topological polar surface area (TPSA) is 73.6 Å². The van der Waals surface area contributed by atoms with Gasteiger partial charge in [0.15, 0.2) is 11.5 Å². The number of carbonyl (C=O) groups excluding carboxylic acids is 1. The molecular weight excluding hydrogens is 276 g/mol. The minimum absolute atomic E-state index is 0. The van der Waals surface area contributed by atoms with Crippen LogP contribution in [-0.2, 0) is 4.79 Å². The molecule has 7 heteroatoms. The average molecular weight is 291 g/mol. The summed E-state index contributed by atoms with van der Waals surface area (Å²) >= 11 is 1.47. The Kier molecular flexibility index (Phi) is 4.98. The van der Waals surface area contributed by atoms with Crippen LogP contribution in [0, 0.1) is 0 Å². The fourth-order valence-corrected chi connectivity index (χ4v) is 1.68. The molecule has 1 aromatic carbocycles. The predicted octanol–water partition coefficient (Wildman–Crippen LogP) is 2.11. The van der Waals surface area contributed by atoms with Gasteiger partial charge in [0.1, 0.15) is 0 Å². The Bertz CT molecular complexity index is 456. The molecule has 0 spiro atoms. The summed E-state index contributed by atoms with van der Waals surface area (Å²) in [5.74, 6) is 1.13. The number of nitrogens with one attached hydrogen (secondary N) is 1. The molecule has 1 heterocycles. The van der Waals surface area contributed by atoms with Gasteiger partial charge in [-0.05, 0) is 13.2 Å². The summed E-state index contributed by atoms with van der Waals surface area (Å²) in [6, 6.07) is 3.34. The highest BCUT2D eigenvalue weighted by atomic mass is 35.5. The van der Waals surface area contributed by atoms with Gasteiger partial charge >= 0.3 is 0 Å². The number of anilines is 2. The van der Waals surface area contributed by atoms with Gasteiger partial charge in [0.2, 0.25) is 12.7 Å². The fraction of sp³-hybridized carbons (Fsp3) is 0.364. The van der Waals surface area contributed by atoms with Crippen LogP contribution in [0.2, 0.25) is 0 Å². The third-order valence-corrected chi connectivity index (χ3v) is 3.45. The summed E-state index contributed by atoms with van der Waals surface area (Å²) in [5.41, 5.74) is 6.85. The SMILES string of the molecule is CSC(C)C(=O)Nc1cc2c(cc1N)OCO2.Cl. The third-order valence-electron chi connectivity index (χ3n) is 2.53. The second-order valence-electron chi connectivity index (χ2n) is 3.66. The Morgan fingerprint density at radius 1 is 1.44 bits per heavy atom. The summed E-state index contributed by atoms with van der Waals surface area (Å²) in [6.07, 6.45) is 1.88. The van der Waals surface area contributed by atoms with E-state index in [0.717, 1.165) is 0 Å². The van der Waals surface area contributed by atoms with E-state index in [9.17, 15) is 4.79 Å². The maximum Gasteiger partial charge on any atom is 0.237 e. The Hall–Kier alpha value is -1.27. The molecule has 0 bridgehead atoms. The first-order chi connectivity index (χ1) is 8.11. The highest BCUT2D eigenvalue weighted by molar-refractivity contribution is 7.99. The Morgan fingerprint density at radius 2 is 2.06 bits per heavy atom. The Labute approximate surface area is 116 Å². The van der Waals surface area contributed by atoms with E-state index in [0.29, 0.717) is 22.9 Å². The number of halogens is 1. The number of rotatable bonds is 3. The maximum absolute atomic E-state index is 11.7. The molecule has 1 aliphatic rings. The molecule has 0 radical (unpaired) electrons. The van der Waals surface area contributed by atoms with Gasteiger partial charge in [-0.1, -0.05) is 0 Å². The van der Waals surface area contributed by atoms with E-state index in [2.05, 4.69) is 5.32 Å². The van der Waals surface area contributed by atoms with Gasteiger partial charge in [0, 0.05) is 12.1 Å². The van der Waals surface area contributed by atoms with Crippen LogP contribution in [-0.4, -0.2) is 24.2 Å². The van der Waals surface area contributed by atoms with Gasteiger partial charge in [-0.3, -0.25) is 4.79 Å². The molecule has 2 rings (SSSR count). The van der Waals surface area contributed by atoms with Crippen LogP contribution in [0.1, 0.15) is 6.92 Å². The largest absolute Gasteiger partial charge is 0.454 e. The zero-order valence-electron chi connectivity index (χ0n) is 10.1. The lowest BCUT2D eigenvalue weighted by atomic mass is 10.2. The second-order valence-corrected chi connectivity index (χ2v) is 4.84. The van der Waals surface area contributed by atoms with Gasteiger partial charge in [0.25, 0.3) is 0 Å². The molecule has 0 saturated carbocycles. The maximum atomic E-state index is 11.7. The molecule has 1 amide bonds. The monoisotopic (exact) mass is 290 g/mol. The van der Waals surface area contributed by atoms with E-state index in [1.54, 1.807) is 12.1 Å². The number of amides is 1. The van der Waals surface area contributed by atoms with Crippen molar-refractivity contribution in [3.8, 4) is 11.5 Å². The molecular formula is C11H15ClN2O3S. The molecule has 3 N–H and O–H groups in total. The minimum Gasteiger partial charge on any atom is -0.454 e. The summed E-state index contributed by atoms with van der Waals surface area (Å²) in [6.45, 7) is 2.02. The normalized spacial score (nSPS) is 13.7. The van der Waals surface area contributed by atoms with Crippen molar-refractivity contribution in [2.24, 2.45) is 0 Å². The van der Waals surface area contributed by atoms with Crippen molar-refractivity contribution in [3.05, 3.63) is 12.1 Å². The highest BCUT2D eigenvalue weighted by Gasteiger charge is 2.18. The Morgan fingerprint density at radius 3 is 2.67 bits per heavy atom. The third kappa shape index (κ3) is 2.94. The molecule has 18 heavy (non-hydrogen) atoms. The lowest BCUT2D eigenvalue weighted by molar-refractivity contribution is -0.115. The molecule has 1 atom stereocenters. The highest BCUT2D eigenvalue weighted by Crippen LogP contribution is 2.38. The summed E-state index contributed by atoms with van der Waals surface area (Å²) in [4.78, 5) is 11.7. The van der Waals surface area contributed by atoms with Crippen LogP contribution in [0.25, 0.3) is 0 Å². The van der Waals surface area contributed by atoms with E-state index in [4.69, 9.17) is 15.2 Å². The summed E-state index contributed by atoms with van der Waals surface area (Å²) < 4.78 is 10.4. The van der Waals surface area contributed by atoms with Crippen LogP contribution in [0.4, 0.5) is 11.4 Å². The van der Waals surface area contributed by atoms with E-state index >= 15 is 0 Å². The first kappa shape index (κ1) is 14.8. The molecule has 5 nitrogen and oxygen atoms in total. The van der Waals surface area contributed by atoms with Crippen LogP contribution < -0.4 is 20.5 Å². The number of nitrogen functional groups attached to an aromatic ring is 1. The van der Waals surface area contributed by atoms with E-state index < -0.39 is 0 Å². The number of hydrogen-bond acceptors (Lipinski definition) is 5. The van der Waals surface area contributed by atoms with E-state index in [1.807, 2.05) is 13.2 Å². The quantitative estimate of drug-likeness (QED) is 0.834. The van der Waals surface area contributed by atoms with Gasteiger partial charge in [-0.25, -0.2) is 0 Å². The van der Waals surface area contributed by atoms with Crippen molar-refractivity contribution in [3.63, 3.8) is 0 Å². The number of hydrogen-bond donors (Lipinski definition) is 2. The number of carbonyl (C=O) groups is 1. The van der Waals surface area contributed by atoms with Crippen molar-refractivity contribution in [1.29, 1.82) is 0 Å². The van der Waals surface area contributed by atoms with Crippen LogP contribution in [0.3, 0.4) is 0 Å². The average Bonchev–Trinajstić information content (AvgIpc) is 2.75. The number of fused-ring (bicyclic) bond motifs is 1. The zero-order chi connectivity index (χ0) is 12.4. The van der Waals surface area contributed by atoms with Crippen LogP contribution in [0.15, 0.2) is 12.1 Å². The second kappa shape index (κ2) is 6.06. The van der Waals surface area contributed by atoms with Crippen molar-refractivity contribution >= 4 is 41.5 Å². The molecule has 0 aromatic heterocycles. The minimum atomic E-state index is -0.125. The first-order valence-corrected chi connectivity index (χ1v) is 6.43. The smallest absolute Gasteiger partial charge is 0.237 e. The van der Waals surface area contributed by atoms with Gasteiger partial charge < -0.3 is 20.5 Å². The van der Waals surface area contributed by atoms with Crippen molar-refractivity contribution < 1.29 is 14.3 Å². The number of thioether (sulfide) groups is 1. The zero-order valence-corrected chi connectivity index (χ0v) is 11.7. The number of benzene rings is 1. The van der Waals surface area contributed by atoms with Crippen LogP contribution >= 0.6 is 24.2 Å². The molecule has 0 saturated heterocycles. The van der Waals surface area contributed by atoms with Gasteiger partial charge in [-0.2, -0.15) is 11.8 Å². The van der Waals surface area contributed by atoms with E-state index in [-0.39, 0.29) is 30.4 Å². The number of ether oxygens (including phenoxy) is 2. The van der Waals surface area contributed by atoms with Crippen molar-refractivity contribution in [2.75, 3.05) is 24.1 Å². The van der Waals surface area contributed by atoms with E-state index in [1.165, 1.54) is 11.8 Å². The molecule has 1 unspecified atom stereocenters. The lowest BCUT2D eigenvalue weighted by Gasteiger charge is -2.12.